The number of hydrogen-bond acceptors (Lipinski definition) is 6. The van der Waals surface area contributed by atoms with Crippen LogP contribution in [0.1, 0.15) is 11.3 Å². The molecule has 3 aromatic rings. The van der Waals surface area contributed by atoms with Crippen molar-refractivity contribution < 1.29 is 27.8 Å². The molecule has 4 rings (SSSR count). The summed E-state index contributed by atoms with van der Waals surface area (Å²) in [6, 6.07) is 11.4. The maximum atomic E-state index is 13.3. The number of halogens is 2. The number of ether oxygens (including phenoxy) is 3. The van der Waals surface area contributed by atoms with Crippen LogP contribution in [0, 0.1) is 6.92 Å². The van der Waals surface area contributed by atoms with Crippen LogP contribution in [0.25, 0.3) is 11.1 Å². The minimum atomic E-state index is -3.71. The van der Waals surface area contributed by atoms with Gasteiger partial charge in [0.25, 0.3) is 0 Å². The predicted molar refractivity (Wildman–Crippen MR) is 98.7 cm³/mol. The Morgan fingerprint density at radius 2 is 2.00 bits per heavy atom. The highest BCUT2D eigenvalue weighted by Crippen LogP contribution is 2.46. The van der Waals surface area contributed by atoms with Crippen molar-refractivity contribution in [3.63, 3.8) is 0 Å². The molecule has 9 heteroatoms. The predicted octanol–water partition coefficient (Wildman–Crippen LogP) is 4.52. The monoisotopic (exact) mass is 399 g/mol. The maximum Gasteiger partial charge on any atom is 0.586 e. The van der Waals surface area contributed by atoms with E-state index in [-0.39, 0.29) is 23.9 Å². The summed E-state index contributed by atoms with van der Waals surface area (Å²) < 4.78 is 40.8. The molecule has 0 fully saturated rings. The number of amides is 1. The molecule has 29 heavy (non-hydrogen) atoms. The van der Waals surface area contributed by atoms with E-state index in [9.17, 15) is 13.6 Å². The summed E-state index contributed by atoms with van der Waals surface area (Å²) >= 11 is 0. The van der Waals surface area contributed by atoms with Gasteiger partial charge in [-0.05, 0) is 36.8 Å². The molecule has 0 aliphatic carbocycles. The van der Waals surface area contributed by atoms with Gasteiger partial charge in [-0.3, -0.25) is 10.3 Å². The Morgan fingerprint density at radius 3 is 2.76 bits per heavy atom. The molecule has 1 aromatic carbocycles. The van der Waals surface area contributed by atoms with Gasteiger partial charge in [-0.15, -0.1) is 8.78 Å². The van der Waals surface area contributed by atoms with Crippen LogP contribution in [0.3, 0.4) is 0 Å². The fourth-order valence-corrected chi connectivity index (χ4v) is 2.77. The number of carbonyl (C=O) groups is 1. The quantitative estimate of drug-likeness (QED) is 0.695. The Bertz CT molecular complexity index is 1060. The molecule has 0 saturated heterocycles. The lowest BCUT2D eigenvalue weighted by Gasteiger charge is -2.09. The van der Waals surface area contributed by atoms with E-state index < -0.39 is 12.4 Å². The molecule has 2 aromatic heterocycles. The third kappa shape index (κ3) is 4.08. The minimum absolute atomic E-state index is 0.0261. The molecule has 1 N–H and O–H groups in total. The SMILES string of the molecule is Cc1cccnc1COC(=O)Nc1ccc(-c2cccc3c2OC(F)(F)O3)cn1. The summed E-state index contributed by atoms with van der Waals surface area (Å²) in [4.78, 5) is 20.2. The molecular weight excluding hydrogens is 384 g/mol. The second kappa shape index (κ2) is 7.34. The van der Waals surface area contributed by atoms with E-state index in [0.29, 0.717) is 16.8 Å². The molecule has 0 saturated carbocycles. The van der Waals surface area contributed by atoms with E-state index in [2.05, 4.69) is 24.8 Å². The molecule has 1 aliphatic heterocycles. The summed E-state index contributed by atoms with van der Waals surface area (Å²) in [5.74, 6) is 0.125. The standard InChI is InChI=1S/C20H15F2N3O4/c1-12-4-3-9-23-15(12)11-27-19(26)25-17-8-7-13(10-24-17)14-5-2-6-16-18(14)29-20(21,22)28-16/h2-10H,11H2,1H3,(H,24,25,26). The number of hydrogen-bond donors (Lipinski definition) is 1. The lowest BCUT2D eigenvalue weighted by atomic mass is 10.1. The van der Waals surface area contributed by atoms with Gasteiger partial charge in [0.15, 0.2) is 11.5 Å². The van der Waals surface area contributed by atoms with Crippen molar-refractivity contribution in [2.75, 3.05) is 5.32 Å². The molecule has 0 spiro atoms. The van der Waals surface area contributed by atoms with E-state index in [1.807, 2.05) is 13.0 Å². The topological polar surface area (TPSA) is 82.6 Å². The largest absolute Gasteiger partial charge is 0.586 e. The Morgan fingerprint density at radius 1 is 1.14 bits per heavy atom. The molecule has 0 atom stereocenters. The van der Waals surface area contributed by atoms with Crippen molar-refractivity contribution in [3.8, 4) is 22.6 Å². The molecular formula is C20H15F2N3O4. The van der Waals surface area contributed by atoms with Crippen LogP contribution in [0.4, 0.5) is 19.4 Å². The van der Waals surface area contributed by atoms with Gasteiger partial charge in [0.2, 0.25) is 0 Å². The number of para-hydroxylation sites is 1. The van der Waals surface area contributed by atoms with Crippen molar-refractivity contribution in [2.45, 2.75) is 19.8 Å². The van der Waals surface area contributed by atoms with Gasteiger partial charge in [0.1, 0.15) is 12.4 Å². The number of aromatic nitrogens is 2. The van der Waals surface area contributed by atoms with E-state index in [0.717, 1.165) is 5.56 Å². The zero-order valence-corrected chi connectivity index (χ0v) is 15.2. The van der Waals surface area contributed by atoms with Crippen LogP contribution in [0.2, 0.25) is 0 Å². The number of anilines is 1. The van der Waals surface area contributed by atoms with E-state index >= 15 is 0 Å². The molecule has 3 heterocycles. The van der Waals surface area contributed by atoms with Crippen LogP contribution in [0.15, 0.2) is 54.9 Å². The highest BCUT2D eigenvalue weighted by Gasteiger charge is 2.44. The zero-order chi connectivity index (χ0) is 20.4. The number of fused-ring (bicyclic) bond motifs is 1. The van der Waals surface area contributed by atoms with Crippen molar-refractivity contribution in [1.29, 1.82) is 0 Å². The Balaban J connectivity index is 1.42. The summed E-state index contributed by atoms with van der Waals surface area (Å²) in [6.45, 7) is 1.90. The first-order valence-corrected chi connectivity index (χ1v) is 8.61. The number of nitrogens with zero attached hydrogens (tertiary/aromatic N) is 2. The number of rotatable bonds is 4. The van der Waals surface area contributed by atoms with Crippen molar-refractivity contribution in [1.82, 2.24) is 9.97 Å². The molecule has 1 aliphatic rings. The normalized spacial score (nSPS) is 13.8. The van der Waals surface area contributed by atoms with Crippen molar-refractivity contribution >= 4 is 11.9 Å². The third-order valence-electron chi connectivity index (χ3n) is 4.19. The number of aryl methyl sites for hydroxylation is 1. The van der Waals surface area contributed by atoms with Gasteiger partial charge in [0.05, 0.1) is 5.69 Å². The van der Waals surface area contributed by atoms with E-state index in [1.165, 1.54) is 18.3 Å². The maximum absolute atomic E-state index is 13.3. The van der Waals surface area contributed by atoms with E-state index in [4.69, 9.17) is 4.74 Å². The molecule has 0 bridgehead atoms. The number of alkyl halides is 2. The first-order valence-electron chi connectivity index (χ1n) is 8.61. The Hall–Kier alpha value is -3.75. The highest BCUT2D eigenvalue weighted by atomic mass is 19.3. The van der Waals surface area contributed by atoms with Gasteiger partial charge >= 0.3 is 12.4 Å². The summed E-state index contributed by atoms with van der Waals surface area (Å²) in [5, 5.41) is 2.50. The van der Waals surface area contributed by atoms with Gasteiger partial charge < -0.3 is 14.2 Å². The number of benzene rings is 1. The van der Waals surface area contributed by atoms with Crippen LogP contribution in [-0.4, -0.2) is 22.4 Å². The van der Waals surface area contributed by atoms with E-state index in [1.54, 1.807) is 30.5 Å². The van der Waals surface area contributed by atoms with Crippen molar-refractivity contribution in [2.24, 2.45) is 0 Å². The zero-order valence-electron chi connectivity index (χ0n) is 15.2. The lowest BCUT2D eigenvalue weighted by molar-refractivity contribution is -0.286. The fourth-order valence-electron chi connectivity index (χ4n) is 2.77. The van der Waals surface area contributed by atoms with Crippen LogP contribution >= 0.6 is 0 Å². The van der Waals surface area contributed by atoms with Gasteiger partial charge in [0, 0.05) is 23.5 Å². The van der Waals surface area contributed by atoms with Crippen LogP contribution < -0.4 is 14.8 Å². The van der Waals surface area contributed by atoms with Gasteiger partial charge in [-0.25, -0.2) is 9.78 Å². The first kappa shape index (κ1) is 18.6. The highest BCUT2D eigenvalue weighted by molar-refractivity contribution is 5.84. The number of carbonyl (C=O) groups excluding carboxylic acids is 1. The number of nitrogens with one attached hydrogen (secondary N) is 1. The van der Waals surface area contributed by atoms with Crippen molar-refractivity contribution in [3.05, 3.63) is 66.1 Å². The average Bonchev–Trinajstić information content (AvgIpc) is 3.02. The molecule has 0 unspecified atom stereocenters. The minimum Gasteiger partial charge on any atom is -0.443 e. The summed E-state index contributed by atoms with van der Waals surface area (Å²) in [5.41, 5.74) is 2.48. The Labute approximate surface area is 164 Å². The average molecular weight is 399 g/mol. The molecule has 7 nitrogen and oxygen atoms in total. The second-order valence-corrected chi connectivity index (χ2v) is 6.20. The molecule has 0 radical (unpaired) electrons. The number of pyridine rings is 2. The Kier molecular flexibility index (Phi) is 4.71. The summed E-state index contributed by atoms with van der Waals surface area (Å²) in [7, 11) is 0. The van der Waals surface area contributed by atoms with Gasteiger partial charge in [-0.2, -0.15) is 0 Å². The third-order valence-corrected chi connectivity index (χ3v) is 4.19. The van der Waals surface area contributed by atoms with Crippen LogP contribution in [0.5, 0.6) is 11.5 Å². The smallest absolute Gasteiger partial charge is 0.443 e. The molecule has 148 valence electrons. The summed E-state index contributed by atoms with van der Waals surface area (Å²) in [6.07, 6.45) is -1.35. The second-order valence-electron chi connectivity index (χ2n) is 6.20. The fraction of sp³-hybridized carbons (Fsp3) is 0.150. The molecule has 1 amide bonds. The first-order chi connectivity index (χ1) is 13.9. The van der Waals surface area contributed by atoms with Crippen LogP contribution in [-0.2, 0) is 11.3 Å². The van der Waals surface area contributed by atoms with Gasteiger partial charge in [-0.1, -0.05) is 18.2 Å². The lowest BCUT2D eigenvalue weighted by Crippen LogP contribution is -2.26.